The molecule has 1 N–H and O–H groups in total. The summed E-state index contributed by atoms with van der Waals surface area (Å²) >= 11 is 1.81. The Hall–Kier alpha value is -1.12. The fourth-order valence-corrected chi connectivity index (χ4v) is 3.57. The van der Waals surface area contributed by atoms with Crippen LogP contribution in [0.15, 0.2) is 41.8 Å². The Morgan fingerprint density at radius 3 is 2.74 bits per heavy atom. The summed E-state index contributed by atoms with van der Waals surface area (Å²) in [5, 5.41) is 5.85. The van der Waals surface area contributed by atoms with Crippen molar-refractivity contribution in [2.24, 2.45) is 0 Å². The molecule has 1 fully saturated rings. The summed E-state index contributed by atoms with van der Waals surface area (Å²) in [6.45, 7) is 1.00. The predicted molar refractivity (Wildman–Crippen MR) is 83.5 cm³/mol. The average Bonchev–Trinajstić information content (AvgIpc) is 3.01. The summed E-state index contributed by atoms with van der Waals surface area (Å²) in [5.41, 5.74) is 2.74. The number of thiophene rings is 1. The average molecular weight is 271 g/mol. The Morgan fingerprint density at radius 2 is 1.95 bits per heavy atom. The van der Waals surface area contributed by atoms with Crippen molar-refractivity contribution in [2.75, 3.05) is 0 Å². The van der Waals surface area contributed by atoms with Gasteiger partial charge in [-0.25, -0.2) is 0 Å². The van der Waals surface area contributed by atoms with E-state index < -0.39 is 0 Å². The van der Waals surface area contributed by atoms with Gasteiger partial charge in [0.2, 0.25) is 0 Å². The minimum Gasteiger partial charge on any atom is -0.310 e. The summed E-state index contributed by atoms with van der Waals surface area (Å²) in [4.78, 5) is 1.36. The molecule has 2 aromatic rings. The van der Waals surface area contributed by atoms with Gasteiger partial charge in [-0.1, -0.05) is 43.5 Å². The van der Waals surface area contributed by atoms with E-state index in [4.69, 9.17) is 0 Å². The summed E-state index contributed by atoms with van der Waals surface area (Å²) in [6, 6.07) is 14.0. The smallest absolute Gasteiger partial charge is 0.0342 e. The first-order chi connectivity index (χ1) is 9.42. The lowest BCUT2D eigenvalue weighted by Gasteiger charge is -2.23. The van der Waals surface area contributed by atoms with Crippen molar-refractivity contribution in [3.8, 4) is 10.4 Å². The Balaban J connectivity index is 1.63. The minimum atomic E-state index is 0.735. The van der Waals surface area contributed by atoms with E-state index in [1.165, 1.54) is 48.1 Å². The van der Waals surface area contributed by atoms with E-state index in [1.54, 1.807) is 0 Å². The molecule has 0 saturated heterocycles. The highest BCUT2D eigenvalue weighted by atomic mass is 32.1. The highest BCUT2D eigenvalue weighted by Gasteiger charge is 2.12. The lowest BCUT2D eigenvalue weighted by atomic mass is 9.95. The first-order valence-electron chi connectivity index (χ1n) is 7.28. The lowest BCUT2D eigenvalue weighted by Crippen LogP contribution is -2.30. The highest BCUT2D eigenvalue weighted by Crippen LogP contribution is 2.25. The third-order valence-corrected chi connectivity index (χ3v) is 4.85. The number of benzene rings is 1. The van der Waals surface area contributed by atoms with Crippen LogP contribution in [0.4, 0.5) is 0 Å². The van der Waals surface area contributed by atoms with Crippen LogP contribution in [0.25, 0.3) is 10.4 Å². The van der Waals surface area contributed by atoms with Crippen molar-refractivity contribution >= 4 is 11.3 Å². The second-order valence-corrected chi connectivity index (χ2v) is 6.34. The molecule has 19 heavy (non-hydrogen) atoms. The van der Waals surface area contributed by atoms with Crippen molar-refractivity contribution in [1.82, 2.24) is 5.32 Å². The van der Waals surface area contributed by atoms with Gasteiger partial charge in [-0.15, -0.1) is 11.3 Å². The summed E-state index contributed by atoms with van der Waals surface area (Å²) in [5.74, 6) is 0. The van der Waals surface area contributed by atoms with Gasteiger partial charge < -0.3 is 5.32 Å². The monoisotopic (exact) mass is 271 g/mol. The zero-order chi connectivity index (χ0) is 12.9. The van der Waals surface area contributed by atoms with Crippen molar-refractivity contribution in [3.05, 3.63) is 47.3 Å². The van der Waals surface area contributed by atoms with Gasteiger partial charge in [0.15, 0.2) is 0 Å². The summed E-state index contributed by atoms with van der Waals surface area (Å²) < 4.78 is 0. The van der Waals surface area contributed by atoms with Crippen LogP contribution in [0.1, 0.15) is 37.7 Å². The van der Waals surface area contributed by atoms with E-state index in [1.807, 2.05) is 11.3 Å². The minimum absolute atomic E-state index is 0.735. The van der Waals surface area contributed by atoms with Crippen molar-refractivity contribution in [1.29, 1.82) is 0 Å². The van der Waals surface area contributed by atoms with Crippen molar-refractivity contribution in [2.45, 2.75) is 44.7 Å². The van der Waals surface area contributed by atoms with Crippen LogP contribution in [-0.4, -0.2) is 6.04 Å². The van der Waals surface area contributed by atoms with Crippen LogP contribution in [0.3, 0.4) is 0 Å². The molecule has 1 aliphatic rings. The Bertz CT molecular complexity index is 498. The Kier molecular flexibility index (Phi) is 4.31. The molecule has 0 radical (unpaired) electrons. The summed E-state index contributed by atoms with van der Waals surface area (Å²) in [7, 11) is 0. The Labute approximate surface area is 119 Å². The van der Waals surface area contributed by atoms with Gasteiger partial charge in [0, 0.05) is 17.5 Å². The molecule has 2 heteroatoms. The molecule has 3 rings (SSSR count). The highest BCUT2D eigenvalue weighted by molar-refractivity contribution is 7.13. The normalized spacial score (nSPS) is 16.6. The molecular weight excluding hydrogens is 250 g/mol. The zero-order valence-corrected chi connectivity index (χ0v) is 12.1. The van der Waals surface area contributed by atoms with Gasteiger partial charge in [-0.05, 0) is 41.5 Å². The molecule has 0 atom stereocenters. The second kappa shape index (κ2) is 6.36. The molecule has 100 valence electrons. The molecule has 0 unspecified atom stereocenters. The van der Waals surface area contributed by atoms with E-state index in [9.17, 15) is 0 Å². The quantitative estimate of drug-likeness (QED) is 0.839. The summed E-state index contributed by atoms with van der Waals surface area (Å²) in [6.07, 6.45) is 6.92. The van der Waals surface area contributed by atoms with Crippen LogP contribution in [-0.2, 0) is 6.54 Å². The van der Waals surface area contributed by atoms with Crippen LogP contribution in [0.5, 0.6) is 0 Å². The number of rotatable bonds is 4. The molecule has 1 heterocycles. The van der Waals surface area contributed by atoms with Gasteiger partial charge in [-0.2, -0.15) is 0 Å². The molecule has 0 spiro atoms. The molecule has 0 amide bonds. The fraction of sp³-hybridized carbons (Fsp3) is 0.412. The standard InChI is InChI=1S/C17H21NS/c1-2-8-16(9-3-1)18-13-14-6-4-7-15(12-14)17-10-5-11-19-17/h4-7,10-12,16,18H,1-3,8-9,13H2. The van der Waals surface area contributed by atoms with Crippen LogP contribution in [0.2, 0.25) is 0 Å². The number of hydrogen-bond donors (Lipinski definition) is 1. The Morgan fingerprint density at radius 1 is 1.05 bits per heavy atom. The third-order valence-electron chi connectivity index (χ3n) is 3.93. The van der Waals surface area contributed by atoms with E-state index >= 15 is 0 Å². The maximum Gasteiger partial charge on any atom is 0.0342 e. The maximum atomic E-state index is 3.71. The fourth-order valence-electron chi connectivity index (χ4n) is 2.85. The topological polar surface area (TPSA) is 12.0 Å². The molecule has 0 bridgehead atoms. The maximum absolute atomic E-state index is 3.71. The SMILES string of the molecule is c1cc(CNC2CCCCC2)cc(-c2cccs2)c1. The van der Waals surface area contributed by atoms with Crippen LogP contribution in [0, 0.1) is 0 Å². The number of nitrogens with one attached hydrogen (secondary N) is 1. The lowest BCUT2D eigenvalue weighted by molar-refractivity contribution is 0.372. The van der Waals surface area contributed by atoms with E-state index in [0.29, 0.717) is 0 Å². The first-order valence-corrected chi connectivity index (χ1v) is 8.16. The van der Waals surface area contributed by atoms with Crippen LogP contribution >= 0.6 is 11.3 Å². The largest absolute Gasteiger partial charge is 0.310 e. The zero-order valence-electron chi connectivity index (χ0n) is 11.3. The molecule has 1 aromatic carbocycles. The van der Waals surface area contributed by atoms with Gasteiger partial charge in [-0.3, -0.25) is 0 Å². The molecule has 1 nitrogen and oxygen atoms in total. The van der Waals surface area contributed by atoms with Gasteiger partial charge >= 0.3 is 0 Å². The van der Waals surface area contributed by atoms with E-state index in [-0.39, 0.29) is 0 Å². The van der Waals surface area contributed by atoms with E-state index in [2.05, 4.69) is 47.1 Å². The van der Waals surface area contributed by atoms with Gasteiger partial charge in [0.25, 0.3) is 0 Å². The molecule has 1 aromatic heterocycles. The second-order valence-electron chi connectivity index (χ2n) is 5.39. The van der Waals surface area contributed by atoms with Crippen molar-refractivity contribution < 1.29 is 0 Å². The number of hydrogen-bond acceptors (Lipinski definition) is 2. The van der Waals surface area contributed by atoms with Crippen molar-refractivity contribution in [3.63, 3.8) is 0 Å². The molecule has 1 aliphatic carbocycles. The molecule has 1 saturated carbocycles. The third kappa shape index (κ3) is 3.46. The predicted octanol–water partition coefficient (Wildman–Crippen LogP) is 4.84. The molecular formula is C17H21NS. The van der Waals surface area contributed by atoms with Gasteiger partial charge in [0.1, 0.15) is 0 Å². The van der Waals surface area contributed by atoms with E-state index in [0.717, 1.165) is 12.6 Å². The van der Waals surface area contributed by atoms with Gasteiger partial charge in [0.05, 0.1) is 0 Å². The first kappa shape index (κ1) is 12.9. The molecule has 0 aliphatic heterocycles. The van der Waals surface area contributed by atoms with Crippen LogP contribution < -0.4 is 5.32 Å².